The molecular weight excluding hydrogens is 241 g/mol. The van der Waals surface area contributed by atoms with Gasteiger partial charge in [0.25, 0.3) is 0 Å². The number of rotatable bonds is 3. The summed E-state index contributed by atoms with van der Waals surface area (Å²) < 4.78 is 38.3. The highest BCUT2D eigenvalue weighted by atomic mass is 32.1. The lowest BCUT2D eigenvalue weighted by Gasteiger charge is -2.06. The van der Waals surface area contributed by atoms with E-state index in [9.17, 15) is 18.0 Å². The maximum atomic E-state index is 13.0. The third-order valence-corrected chi connectivity index (χ3v) is 1.76. The predicted octanol–water partition coefficient (Wildman–Crippen LogP) is 1.72. The number of anilines is 1. The van der Waals surface area contributed by atoms with E-state index < -0.39 is 29.0 Å². The van der Waals surface area contributed by atoms with E-state index >= 15 is 0 Å². The first kappa shape index (κ1) is 12.4. The summed E-state index contributed by atoms with van der Waals surface area (Å²) in [6.07, 6.45) is -0.298. The number of carbonyl (C=O) groups is 1. The summed E-state index contributed by atoms with van der Waals surface area (Å²) in [6.45, 7) is 0. The van der Waals surface area contributed by atoms with Crippen LogP contribution in [0.25, 0.3) is 0 Å². The zero-order valence-corrected chi connectivity index (χ0v) is 8.71. The van der Waals surface area contributed by atoms with E-state index in [1.807, 2.05) is 5.32 Å². The summed E-state index contributed by atoms with van der Waals surface area (Å²) in [5.74, 6) is -4.36. The third-order valence-electron chi connectivity index (χ3n) is 1.62. The van der Waals surface area contributed by atoms with Gasteiger partial charge in [0.05, 0.1) is 17.1 Å². The van der Waals surface area contributed by atoms with Crippen molar-refractivity contribution in [1.29, 1.82) is 0 Å². The van der Waals surface area contributed by atoms with E-state index in [0.717, 1.165) is 0 Å². The van der Waals surface area contributed by atoms with Crippen molar-refractivity contribution in [3.05, 3.63) is 29.6 Å². The van der Waals surface area contributed by atoms with Gasteiger partial charge in [0.2, 0.25) is 5.91 Å². The molecule has 0 aliphatic carbocycles. The average Bonchev–Trinajstić information content (AvgIpc) is 2.12. The van der Waals surface area contributed by atoms with E-state index in [-0.39, 0.29) is 11.4 Å². The SMILES string of the molecule is NC(=S)CC(=O)Nc1cc(F)c(F)cc1F. The monoisotopic (exact) mass is 248 g/mol. The zero-order chi connectivity index (χ0) is 12.3. The van der Waals surface area contributed by atoms with Gasteiger partial charge in [-0.2, -0.15) is 0 Å². The number of hydrogen-bond donors (Lipinski definition) is 2. The molecular formula is C9H7F3N2OS. The molecule has 1 aromatic carbocycles. The molecule has 0 heterocycles. The first-order chi connectivity index (χ1) is 7.40. The van der Waals surface area contributed by atoms with Crippen LogP contribution >= 0.6 is 12.2 Å². The quantitative estimate of drug-likeness (QED) is 0.632. The summed E-state index contributed by atoms with van der Waals surface area (Å²) >= 11 is 4.46. The van der Waals surface area contributed by atoms with E-state index in [2.05, 4.69) is 12.2 Å². The average molecular weight is 248 g/mol. The van der Waals surface area contributed by atoms with Crippen LogP contribution in [-0.2, 0) is 4.79 Å². The number of nitrogens with two attached hydrogens (primary N) is 1. The molecule has 0 aliphatic rings. The Morgan fingerprint density at radius 1 is 1.25 bits per heavy atom. The van der Waals surface area contributed by atoms with Crippen LogP contribution in [0.2, 0.25) is 0 Å². The van der Waals surface area contributed by atoms with Gasteiger partial charge in [-0.15, -0.1) is 0 Å². The molecule has 0 spiro atoms. The Morgan fingerprint density at radius 3 is 2.38 bits per heavy atom. The standard InChI is InChI=1S/C9H7F3N2OS/c10-4-1-6(12)7(2-5(4)11)14-9(15)3-8(13)16/h1-2H,3H2,(H2,13,16)(H,14,15). The van der Waals surface area contributed by atoms with Gasteiger partial charge < -0.3 is 11.1 Å². The highest BCUT2D eigenvalue weighted by Gasteiger charge is 2.12. The zero-order valence-electron chi connectivity index (χ0n) is 7.89. The van der Waals surface area contributed by atoms with E-state index in [4.69, 9.17) is 5.73 Å². The fraction of sp³-hybridized carbons (Fsp3) is 0.111. The first-order valence-corrected chi connectivity index (χ1v) is 4.53. The van der Waals surface area contributed by atoms with Crippen molar-refractivity contribution in [1.82, 2.24) is 0 Å². The van der Waals surface area contributed by atoms with Crippen molar-refractivity contribution >= 4 is 28.8 Å². The topological polar surface area (TPSA) is 55.1 Å². The van der Waals surface area contributed by atoms with Crippen LogP contribution in [0.1, 0.15) is 6.42 Å². The number of nitrogens with one attached hydrogen (secondary N) is 1. The van der Waals surface area contributed by atoms with E-state index in [0.29, 0.717) is 12.1 Å². The molecule has 1 amide bonds. The maximum Gasteiger partial charge on any atom is 0.231 e. The van der Waals surface area contributed by atoms with Gasteiger partial charge in [-0.05, 0) is 0 Å². The van der Waals surface area contributed by atoms with Crippen LogP contribution < -0.4 is 11.1 Å². The fourth-order valence-corrected chi connectivity index (χ4v) is 1.10. The van der Waals surface area contributed by atoms with Crippen LogP contribution in [0.3, 0.4) is 0 Å². The lowest BCUT2D eigenvalue weighted by atomic mass is 10.2. The second-order valence-corrected chi connectivity index (χ2v) is 3.46. The number of amides is 1. The van der Waals surface area contributed by atoms with Gasteiger partial charge in [0, 0.05) is 12.1 Å². The second kappa shape index (κ2) is 4.93. The Morgan fingerprint density at radius 2 is 1.81 bits per heavy atom. The lowest BCUT2D eigenvalue weighted by molar-refractivity contribution is -0.115. The van der Waals surface area contributed by atoms with Crippen molar-refractivity contribution in [2.45, 2.75) is 6.42 Å². The summed E-state index contributed by atoms with van der Waals surface area (Å²) in [5, 5.41) is 2.02. The second-order valence-electron chi connectivity index (χ2n) is 2.94. The van der Waals surface area contributed by atoms with E-state index in [1.165, 1.54) is 0 Å². The molecule has 0 bridgehead atoms. The molecule has 7 heteroatoms. The molecule has 0 saturated carbocycles. The molecule has 86 valence electrons. The van der Waals surface area contributed by atoms with Crippen LogP contribution in [0.5, 0.6) is 0 Å². The van der Waals surface area contributed by atoms with Gasteiger partial charge in [-0.1, -0.05) is 12.2 Å². The number of hydrogen-bond acceptors (Lipinski definition) is 2. The molecule has 0 fully saturated rings. The largest absolute Gasteiger partial charge is 0.393 e. The number of benzene rings is 1. The number of carbonyl (C=O) groups excluding carboxylic acids is 1. The van der Waals surface area contributed by atoms with Crippen molar-refractivity contribution in [2.75, 3.05) is 5.32 Å². The molecule has 0 aliphatic heterocycles. The smallest absolute Gasteiger partial charge is 0.231 e. The van der Waals surface area contributed by atoms with Crippen LogP contribution in [-0.4, -0.2) is 10.9 Å². The predicted molar refractivity (Wildman–Crippen MR) is 56.3 cm³/mol. The highest BCUT2D eigenvalue weighted by Crippen LogP contribution is 2.18. The molecule has 0 saturated heterocycles. The minimum atomic E-state index is -1.33. The summed E-state index contributed by atoms with van der Waals surface area (Å²) in [6, 6.07) is 0.883. The Bertz CT molecular complexity index is 451. The van der Waals surface area contributed by atoms with Gasteiger partial charge >= 0.3 is 0 Å². The van der Waals surface area contributed by atoms with Gasteiger partial charge in [0.15, 0.2) is 11.6 Å². The maximum absolute atomic E-state index is 13.0. The van der Waals surface area contributed by atoms with Gasteiger partial charge in [-0.25, -0.2) is 13.2 Å². The van der Waals surface area contributed by atoms with Crippen LogP contribution in [0, 0.1) is 17.5 Å². The summed E-state index contributed by atoms with van der Waals surface area (Å²) in [4.78, 5) is 11.0. The minimum Gasteiger partial charge on any atom is -0.393 e. The highest BCUT2D eigenvalue weighted by molar-refractivity contribution is 7.80. The number of thiocarbonyl (C=S) groups is 1. The van der Waals surface area contributed by atoms with Crippen molar-refractivity contribution < 1.29 is 18.0 Å². The molecule has 1 aromatic rings. The van der Waals surface area contributed by atoms with E-state index in [1.54, 1.807) is 0 Å². The number of halogens is 3. The summed E-state index contributed by atoms with van der Waals surface area (Å²) in [5.41, 5.74) is 4.62. The Kier molecular flexibility index (Phi) is 3.83. The Balaban J connectivity index is 2.85. The minimum absolute atomic E-state index is 0.0829. The van der Waals surface area contributed by atoms with Crippen LogP contribution in [0.15, 0.2) is 12.1 Å². The summed E-state index contributed by atoms with van der Waals surface area (Å²) in [7, 11) is 0. The molecule has 3 N–H and O–H groups in total. The van der Waals surface area contributed by atoms with Crippen molar-refractivity contribution in [3.8, 4) is 0 Å². The normalized spacial score (nSPS) is 9.94. The fourth-order valence-electron chi connectivity index (χ4n) is 0.971. The Labute approximate surface area is 94.4 Å². The van der Waals surface area contributed by atoms with Gasteiger partial charge in [-0.3, -0.25) is 4.79 Å². The third kappa shape index (κ3) is 3.20. The van der Waals surface area contributed by atoms with Crippen molar-refractivity contribution in [3.63, 3.8) is 0 Å². The van der Waals surface area contributed by atoms with Crippen molar-refractivity contribution in [2.24, 2.45) is 5.73 Å². The molecule has 0 radical (unpaired) electrons. The first-order valence-electron chi connectivity index (χ1n) is 4.13. The van der Waals surface area contributed by atoms with Crippen LogP contribution in [0.4, 0.5) is 18.9 Å². The Hall–Kier alpha value is -1.63. The molecule has 0 aromatic heterocycles. The molecule has 3 nitrogen and oxygen atoms in total. The van der Waals surface area contributed by atoms with Gasteiger partial charge in [0.1, 0.15) is 5.82 Å². The molecule has 1 rings (SSSR count). The lowest BCUT2D eigenvalue weighted by Crippen LogP contribution is -2.20. The molecule has 16 heavy (non-hydrogen) atoms. The molecule has 0 unspecified atom stereocenters. The molecule has 0 atom stereocenters.